The molecule has 3 heteroatoms. The van der Waals surface area contributed by atoms with Gasteiger partial charge in [0.25, 0.3) is 0 Å². The maximum absolute atomic E-state index is 10.3. The molecule has 72 valence electrons. The maximum atomic E-state index is 10.3. The molecule has 0 aliphatic rings. The van der Waals surface area contributed by atoms with Gasteiger partial charge in [0.1, 0.15) is 0 Å². The van der Waals surface area contributed by atoms with Crippen LogP contribution in [0.1, 0.15) is 33.6 Å². The second kappa shape index (κ2) is 6.00. The minimum absolute atomic E-state index is 0.248. The molecule has 3 nitrogen and oxygen atoms in total. The lowest BCUT2D eigenvalue weighted by Gasteiger charge is -2.25. The molecule has 0 heterocycles. The van der Waals surface area contributed by atoms with E-state index in [1.807, 2.05) is 0 Å². The van der Waals surface area contributed by atoms with Crippen molar-refractivity contribution in [3.05, 3.63) is 0 Å². The molecule has 1 N–H and O–H groups in total. The number of carbonyl (C=O) groups is 1. The smallest absolute Gasteiger partial charge is 0.304 e. The van der Waals surface area contributed by atoms with Crippen molar-refractivity contribution >= 4 is 5.97 Å². The molecule has 0 aliphatic carbocycles. The fourth-order valence-corrected chi connectivity index (χ4v) is 1.19. The van der Waals surface area contributed by atoms with Crippen molar-refractivity contribution in [2.45, 2.75) is 39.7 Å². The molecule has 0 aromatic carbocycles. The van der Waals surface area contributed by atoms with Crippen LogP contribution in [0, 0.1) is 0 Å². The summed E-state index contributed by atoms with van der Waals surface area (Å²) in [7, 11) is 0. The highest BCUT2D eigenvalue weighted by atomic mass is 16.4. The molecule has 0 saturated carbocycles. The Hall–Kier alpha value is -0.570. The van der Waals surface area contributed by atoms with E-state index in [0.717, 1.165) is 13.0 Å². The normalized spacial score (nSPS) is 13.3. The first kappa shape index (κ1) is 11.4. The second-order valence-corrected chi connectivity index (χ2v) is 3.03. The highest BCUT2D eigenvalue weighted by Crippen LogP contribution is 2.03. The largest absolute Gasteiger partial charge is 0.481 e. The molecule has 0 aromatic heterocycles. The van der Waals surface area contributed by atoms with E-state index >= 15 is 0 Å². The molecule has 0 aromatic rings. The van der Waals surface area contributed by atoms with Gasteiger partial charge in [-0.15, -0.1) is 0 Å². The molecule has 0 aliphatic heterocycles. The predicted octanol–water partition coefficient (Wildman–Crippen LogP) is 1.58. The van der Waals surface area contributed by atoms with E-state index in [4.69, 9.17) is 5.11 Å². The van der Waals surface area contributed by atoms with Crippen molar-refractivity contribution in [2.24, 2.45) is 0 Å². The molecule has 1 unspecified atom stereocenters. The van der Waals surface area contributed by atoms with E-state index < -0.39 is 5.97 Å². The van der Waals surface area contributed by atoms with E-state index in [1.54, 1.807) is 0 Å². The molecule has 12 heavy (non-hydrogen) atoms. The average molecular weight is 173 g/mol. The lowest BCUT2D eigenvalue weighted by atomic mass is 10.2. The van der Waals surface area contributed by atoms with Crippen LogP contribution in [0.3, 0.4) is 0 Å². The molecule has 0 rings (SSSR count). The summed E-state index contributed by atoms with van der Waals surface area (Å²) in [6, 6.07) is 0.495. The number of rotatable bonds is 6. The van der Waals surface area contributed by atoms with Crippen molar-refractivity contribution < 1.29 is 9.90 Å². The summed E-state index contributed by atoms with van der Waals surface area (Å²) in [6.07, 6.45) is 1.33. The molecular weight excluding hydrogens is 154 g/mol. The van der Waals surface area contributed by atoms with Gasteiger partial charge in [0.15, 0.2) is 0 Å². The van der Waals surface area contributed by atoms with Gasteiger partial charge in [-0.1, -0.05) is 13.8 Å². The standard InChI is InChI=1S/C9H19NO2/c1-4-8(3)10(5-2)7-6-9(11)12/h8H,4-7H2,1-3H3,(H,11,12). The molecule has 0 spiro atoms. The van der Waals surface area contributed by atoms with Gasteiger partial charge in [0.2, 0.25) is 0 Å². The van der Waals surface area contributed by atoms with Gasteiger partial charge in [-0.05, 0) is 19.9 Å². The fraction of sp³-hybridized carbons (Fsp3) is 0.889. The predicted molar refractivity (Wildman–Crippen MR) is 49.3 cm³/mol. The third-order valence-electron chi connectivity index (χ3n) is 2.23. The van der Waals surface area contributed by atoms with Crippen molar-refractivity contribution in [2.75, 3.05) is 13.1 Å². The lowest BCUT2D eigenvalue weighted by molar-refractivity contribution is -0.137. The molecule has 0 amide bonds. The number of aliphatic carboxylic acids is 1. The van der Waals surface area contributed by atoms with Crippen LogP contribution in [0.25, 0.3) is 0 Å². The van der Waals surface area contributed by atoms with Crippen LogP contribution in [-0.4, -0.2) is 35.1 Å². The zero-order valence-electron chi connectivity index (χ0n) is 8.21. The zero-order valence-corrected chi connectivity index (χ0v) is 8.21. The van der Waals surface area contributed by atoms with Gasteiger partial charge in [-0.3, -0.25) is 4.79 Å². The van der Waals surface area contributed by atoms with Gasteiger partial charge in [-0.2, -0.15) is 0 Å². The summed E-state index contributed by atoms with van der Waals surface area (Å²) in [4.78, 5) is 12.5. The Balaban J connectivity index is 3.74. The highest BCUT2D eigenvalue weighted by molar-refractivity contribution is 5.66. The summed E-state index contributed by atoms with van der Waals surface area (Å²) in [6.45, 7) is 7.91. The van der Waals surface area contributed by atoms with E-state index in [-0.39, 0.29) is 6.42 Å². The topological polar surface area (TPSA) is 40.5 Å². The number of hydrogen-bond acceptors (Lipinski definition) is 2. The Morgan fingerprint density at radius 3 is 2.42 bits per heavy atom. The van der Waals surface area contributed by atoms with Gasteiger partial charge in [0.05, 0.1) is 6.42 Å². The first-order valence-electron chi connectivity index (χ1n) is 4.57. The van der Waals surface area contributed by atoms with Crippen LogP contribution < -0.4 is 0 Å². The second-order valence-electron chi connectivity index (χ2n) is 3.03. The van der Waals surface area contributed by atoms with Crippen LogP contribution in [0.2, 0.25) is 0 Å². The Labute approximate surface area is 74.4 Å². The van der Waals surface area contributed by atoms with Gasteiger partial charge < -0.3 is 10.0 Å². The van der Waals surface area contributed by atoms with Crippen molar-refractivity contribution in [3.63, 3.8) is 0 Å². The molecule has 1 atom stereocenters. The van der Waals surface area contributed by atoms with Crippen molar-refractivity contribution in [1.29, 1.82) is 0 Å². The Morgan fingerprint density at radius 2 is 2.08 bits per heavy atom. The van der Waals surface area contributed by atoms with E-state index in [2.05, 4.69) is 25.7 Å². The number of nitrogens with zero attached hydrogens (tertiary/aromatic N) is 1. The Morgan fingerprint density at radius 1 is 1.50 bits per heavy atom. The van der Waals surface area contributed by atoms with Crippen LogP contribution in [-0.2, 0) is 4.79 Å². The monoisotopic (exact) mass is 173 g/mol. The van der Waals surface area contributed by atoms with Crippen LogP contribution in [0.5, 0.6) is 0 Å². The fourth-order valence-electron chi connectivity index (χ4n) is 1.19. The first-order valence-corrected chi connectivity index (χ1v) is 4.57. The van der Waals surface area contributed by atoms with E-state index in [0.29, 0.717) is 12.6 Å². The Kier molecular flexibility index (Phi) is 5.72. The molecule has 0 bridgehead atoms. The van der Waals surface area contributed by atoms with Crippen LogP contribution >= 0.6 is 0 Å². The van der Waals surface area contributed by atoms with E-state index in [9.17, 15) is 4.79 Å². The van der Waals surface area contributed by atoms with Crippen LogP contribution in [0.15, 0.2) is 0 Å². The van der Waals surface area contributed by atoms with E-state index in [1.165, 1.54) is 0 Å². The summed E-state index contributed by atoms with van der Waals surface area (Å²) in [5.41, 5.74) is 0. The zero-order chi connectivity index (χ0) is 9.56. The van der Waals surface area contributed by atoms with Gasteiger partial charge in [-0.25, -0.2) is 0 Å². The number of carboxylic acids is 1. The summed E-state index contributed by atoms with van der Waals surface area (Å²) in [5, 5.41) is 8.49. The van der Waals surface area contributed by atoms with Crippen molar-refractivity contribution in [3.8, 4) is 0 Å². The third-order valence-corrected chi connectivity index (χ3v) is 2.23. The SMILES string of the molecule is CCC(C)N(CC)CCC(=O)O. The summed E-state index contributed by atoms with van der Waals surface area (Å²) in [5.74, 6) is -0.711. The third kappa shape index (κ3) is 4.34. The highest BCUT2D eigenvalue weighted by Gasteiger charge is 2.10. The first-order chi connectivity index (χ1) is 5.61. The van der Waals surface area contributed by atoms with Crippen LogP contribution in [0.4, 0.5) is 0 Å². The summed E-state index contributed by atoms with van der Waals surface area (Å²) >= 11 is 0. The van der Waals surface area contributed by atoms with Gasteiger partial charge in [0, 0.05) is 12.6 Å². The maximum Gasteiger partial charge on any atom is 0.304 e. The minimum Gasteiger partial charge on any atom is -0.481 e. The number of hydrogen-bond donors (Lipinski definition) is 1. The molecule has 0 saturated heterocycles. The Bertz CT molecular complexity index is 136. The average Bonchev–Trinajstić information content (AvgIpc) is 2.04. The lowest BCUT2D eigenvalue weighted by Crippen LogP contribution is -2.34. The van der Waals surface area contributed by atoms with Gasteiger partial charge >= 0.3 is 5.97 Å². The summed E-state index contributed by atoms with van der Waals surface area (Å²) < 4.78 is 0. The minimum atomic E-state index is -0.711. The van der Waals surface area contributed by atoms with Crippen molar-refractivity contribution in [1.82, 2.24) is 4.90 Å². The molecule has 0 radical (unpaired) electrons. The number of carboxylic acid groups (broad SMARTS) is 1. The molecular formula is C9H19NO2. The molecule has 0 fully saturated rings. The quantitative estimate of drug-likeness (QED) is 0.663.